The molecule has 2 atom stereocenters. The minimum absolute atomic E-state index is 0.197. The standard InChI is InChI=1S/C9H18N2O.C2H6/c1-7-5-10(4)6-8(2)11(7)9(3)12;1-2/h7-8H,5-6H2,1-4H3;1-2H3. The number of nitrogens with zero attached hydrogens (tertiary/aromatic N) is 2. The lowest BCUT2D eigenvalue weighted by Crippen LogP contribution is -2.56. The Hall–Kier alpha value is -0.570. The molecule has 14 heavy (non-hydrogen) atoms. The van der Waals surface area contributed by atoms with Crippen molar-refractivity contribution >= 4 is 5.91 Å². The first kappa shape index (κ1) is 13.4. The molecule has 3 heteroatoms. The molecule has 0 aromatic heterocycles. The van der Waals surface area contributed by atoms with Crippen LogP contribution < -0.4 is 0 Å². The smallest absolute Gasteiger partial charge is 0.220 e. The van der Waals surface area contributed by atoms with Gasteiger partial charge in [0, 0.05) is 32.1 Å². The van der Waals surface area contributed by atoms with E-state index >= 15 is 0 Å². The second-order valence-electron chi connectivity index (χ2n) is 3.85. The van der Waals surface area contributed by atoms with Crippen LogP contribution in [0.5, 0.6) is 0 Å². The van der Waals surface area contributed by atoms with Crippen LogP contribution >= 0.6 is 0 Å². The predicted molar refractivity (Wildman–Crippen MR) is 60.3 cm³/mol. The maximum absolute atomic E-state index is 11.2. The van der Waals surface area contributed by atoms with Gasteiger partial charge in [0.25, 0.3) is 0 Å². The maximum atomic E-state index is 11.2. The van der Waals surface area contributed by atoms with Crippen molar-refractivity contribution in [3.8, 4) is 0 Å². The Labute approximate surface area is 88.1 Å². The van der Waals surface area contributed by atoms with Crippen molar-refractivity contribution in [3.63, 3.8) is 0 Å². The Kier molecular flexibility index (Phi) is 5.77. The van der Waals surface area contributed by atoms with Crippen LogP contribution in [0.1, 0.15) is 34.6 Å². The van der Waals surface area contributed by atoms with E-state index in [0.717, 1.165) is 13.1 Å². The lowest BCUT2D eigenvalue weighted by atomic mass is 10.1. The quantitative estimate of drug-likeness (QED) is 0.593. The highest BCUT2D eigenvalue weighted by atomic mass is 16.2. The van der Waals surface area contributed by atoms with Gasteiger partial charge >= 0.3 is 0 Å². The molecule has 2 unspecified atom stereocenters. The van der Waals surface area contributed by atoms with E-state index in [1.54, 1.807) is 6.92 Å². The molecule has 1 aliphatic heterocycles. The third-order valence-corrected chi connectivity index (χ3v) is 2.47. The van der Waals surface area contributed by atoms with Gasteiger partial charge in [-0.15, -0.1) is 0 Å². The van der Waals surface area contributed by atoms with Gasteiger partial charge in [-0.1, -0.05) is 13.8 Å². The molecule has 0 radical (unpaired) electrons. The molecule has 0 aromatic carbocycles. The summed E-state index contributed by atoms with van der Waals surface area (Å²) in [5.74, 6) is 0.197. The number of carbonyl (C=O) groups is 1. The van der Waals surface area contributed by atoms with Crippen molar-refractivity contribution in [2.24, 2.45) is 0 Å². The second kappa shape index (κ2) is 6.02. The van der Waals surface area contributed by atoms with Gasteiger partial charge in [0.05, 0.1) is 0 Å². The molecule has 0 bridgehead atoms. The number of piperazine rings is 1. The van der Waals surface area contributed by atoms with Crippen LogP contribution in [0.4, 0.5) is 0 Å². The Bertz CT molecular complexity index is 170. The topological polar surface area (TPSA) is 23.6 Å². The summed E-state index contributed by atoms with van der Waals surface area (Å²) in [6.45, 7) is 11.8. The number of amides is 1. The molecule has 1 heterocycles. The zero-order chi connectivity index (χ0) is 11.3. The van der Waals surface area contributed by atoms with Crippen LogP contribution in [-0.2, 0) is 4.79 Å². The van der Waals surface area contributed by atoms with Crippen molar-refractivity contribution in [3.05, 3.63) is 0 Å². The van der Waals surface area contributed by atoms with Crippen LogP contribution in [0, 0.1) is 0 Å². The summed E-state index contributed by atoms with van der Waals surface area (Å²) in [5, 5.41) is 0. The summed E-state index contributed by atoms with van der Waals surface area (Å²) < 4.78 is 0. The molecule has 1 amide bonds. The van der Waals surface area contributed by atoms with Gasteiger partial charge in [-0.2, -0.15) is 0 Å². The number of hydrogen-bond acceptors (Lipinski definition) is 2. The molecule has 0 N–H and O–H groups in total. The van der Waals surface area contributed by atoms with Gasteiger partial charge in [0.15, 0.2) is 0 Å². The third-order valence-electron chi connectivity index (χ3n) is 2.47. The summed E-state index contributed by atoms with van der Waals surface area (Å²) in [4.78, 5) is 15.5. The van der Waals surface area contributed by atoms with Crippen LogP contribution in [0.3, 0.4) is 0 Å². The van der Waals surface area contributed by atoms with E-state index in [9.17, 15) is 4.79 Å². The number of likely N-dealkylation sites (N-methyl/N-ethyl adjacent to an activating group) is 1. The molecule has 0 spiro atoms. The highest BCUT2D eigenvalue weighted by molar-refractivity contribution is 5.74. The summed E-state index contributed by atoms with van der Waals surface area (Å²) in [6, 6.07) is 0.715. The van der Waals surface area contributed by atoms with Gasteiger partial charge in [-0.3, -0.25) is 4.79 Å². The molecule has 0 aliphatic carbocycles. The number of rotatable bonds is 0. The van der Waals surface area contributed by atoms with Crippen molar-refractivity contribution in [2.45, 2.75) is 46.7 Å². The molecular formula is C11H24N2O. The summed E-state index contributed by atoms with van der Waals surface area (Å²) in [6.07, 6.45) is 0. The van der Waals surface area contributed by atoms with Gasteiger partial charge < -0.3 is 9.80 Å². The normalized spacial score (nSPS) is 28.0. The lowest BCUT2D eigenvalue weighted by molar-refractivity contribution is -0.136. The fraction of sp³-hybridized carbons (Fsp3) is 0.909. The molecule has 0 aromatic rings. The van der Waals surface area contributed by atoms with Gasteiger partial charge in [-0.05, 0) is 20.9 Å². The molecule has 3 nitrogen and oxygen atoms in total. The monoisotopic (exact) mass is 200 g/mol. The highest BCUT2D eigenvalue weighted by Crippen LogP contribution is 2.13. The van der Waals surface area contributed by atoms with Gasteiger partial charge in [0.2, 0.25) is 5.91 Å². The Morgan fingerprint density at radius 2 is 1.50 bits per heavy atom. The zero-order valence-electron chi connectivity index (χ0n) is 10.4. The maximum Gasteiger partial charge on any atom is 0.220 e. The van der Waals surface area contributed by atoms with Crippen LogP contribution in [0.25, 0.3) is 0 Å². The number of hydrogen-bond donors (Lipinski definition) is 0. The largest absolute Gasteiger partial charge is 0.335 e. The predicted octanol–water partition coefficient (Wildman–Crippen LogP) is 1.58. The summed E-state index contributed by atoms with van der Waals surface area (Å²) >= 11 is 0. The summed E-state index contributed by atoms with van der Waals surface area (Å²) in [7, 11) is 2.10. The molecular weight excluding hydrogens is 176 g/mol. The minimum Gasteiger partial charge on any atom is -0.335 e. The highest BCUT2D eigenvalue weighted by Gasteiger charge is 2.28. The first-order valence-corrected chi connectivity index (χ1v) is 5.49. The first-order valence-electron chi connectivity index (χ1n) is 5.49. The van der Waals surface area contributed by atoms with E-state index < -0.39 is 0 Å². The van der Waals surface area contributed by atoms with E-state index in [-0.39, 0.29) is 5.91 Å². The molecule has 1 rings (SSSR count). The van der Waals surface area contributed by atoms with Crippen LogP contribution in [0.2, 0.25) is 0 Å². The SMILES string of the molecule is CC.CC(=O)N1C(C)CN(C)CC1C. The van der Waals surface area contributed by atoms with E-state index in [1.165, 1.54) is 0 Å². The first-order chi connectivity index (χ1) is 6.52. The Morgan fingerprint density at radius 3 is 1.79 bits per heavy atom. The number of carbonyl (C=O) groups excluding carboxylic acids is 1. The van der Waals surface area contributed by atoms with E-state index in [1.807, 2.05) is 18.7 Å². The zero-order valence-corrected chi connectivity index (χ0v) is 10.4. The van der Waals surface area contributed by atoms with Crippen molar-refractivity contribution < 1.29 is 4.79 Å². The minimum atomic E-state index is 0.197. The fourth-order valence-electron chi connectivity index (χ4n) is 2.21. The Balaban J connectivity index is 0.000000791. The average Bonchev–Trinajstić information content (AvgIpc) is 2.04. The van der Waals surface area contributed by atoms with E-state index in [4.69, 9.17) is 0 Å². The van der Waals surface area contributed by atoms with Gasteiger partial charge in [-0.25, -0.2) is 0 Å². The third kappa shape index (κ3) is 3.29. The van der Waals surface area contributed by atoms with Crippen LogP contribution in [-0.4, -0.2) is 47.9 Å². The van der Waals surface area contributed by atoms with E-state index in [0.29, 0.717) is 12.1 Å². The molecule has 1 aliphatic rings. The molecule has 84 valence electrons. The molecule has 1 fully saturated rings. The second-order valence-corrected chi connectivity index (χ2v) is 3.85. The lowest BCUT2D eigenvalue weighted by Gasteiger charge is -2.42. The van der Waals surface area contributed by atoms with Crippen LogP contribution in [0.15, 0.2) is 0 Å². The Morgan fingerprint density at radius 1 is 1.14 bits per heavy atom. The van der Waals surface area contributed by atoms with Gasteiger partial charge in [0.1, 0.15) is 0 Å². The molecule has 0 saturated carbocycles. The van der Waals surface area contributed by atoms with E-state index in [2.05, 4.69) is 25.8 Å². The average molecular weight is 200 g/mol. The van der Waals surface area contributed by atoms with Crippen molar-refractivity contribution in [2.75, 3.05) is 20.1 Å². The van der Waals surface area contributed by atoms with Crippen molar-refractivity contribution in [1.29, 1.82) is 0 Å². The molecule has 1 saturated heterocycles. The summed E-state index contributed by atoms with van der Waals surface area (Å²) in [5.41, 5.74) is 0. The fourth-order valence-corrected chi connectivity index (χ4v) is 2.21. The van der Waals surface area contributed by atoms with Crippen molar-refractivity contribution in [1.82, 2.24) is 9.80 Å².